The summed E-state index contributed by atoms with van der Waals surface area (Å²) in [7, 11) is 0. The third kappa shape index (κ3) is 2.80. The van der Waals surface area contributed by atoms with Gasteiger partial charge in [0.05, 0.1) is 19.1 Å². The lowest BCUT2D eigenvalue weighted by Crippen LogP contribution is -2.41. The first kappa shape index (κ1) is 12.4. The van der Waals surface area contributed by atoms with Crippen LogP contribution in [0.15, 0.2) is 30.3 Å². The van der Waals surface area contributed by atoms with Crippen LogP contribution in [-0.4, -0.2) is 35.2 Å². The number of aliphatic carboxylic acids is 1. The van der Waals surface area contributed by atoms with Crippen molar-refractivity contribution in [3.63, 3.8) is 0 Å². The third-order valence-electron chi connectivity index (χ3n) is 2.93. The van der Waals surface area contributed by atoms with Crippen LogP contribution in [0, 0.1) is 0 Å². The number of benzene rings is 1. The van der Waals surface area contributed by atoms with Crippen LogP contribution in [-0.2, 0) is 9.53 Å². The second-order valence-corrected chi connectivity index (χ2v) is 4.19. The van der Waals surface area contributed by atoms with E-state index >= 15 is 0 Å². The standard InChI is InChI=1S/C13H15NO4/c15-12(16)9-11(10-5-2-1-3-6-10)14-7-4-8-18-13(14)17/h1-3,5-6,11H,4,7-9H2,(H,15,16). The van der Waals surface area contributed by atoms with Crippen LogP contribution in [0.4, 0.5) is 4.79 Å². The fraction of sp³-hybridized carbons (Fsp3) is 0.385. The van der Waals surface area contributed by atoms with Gasteiger partial charge in [-0.25, -0.2) is 4.79 Å². The molecule has 1 atom stereocenters. The highest BCUT2D eigenvalue weighted by Gasteiger charge is 2.30. The largest absolute Gasteiger partial charge is 0.481 e. The molecule has 18 heavy (non-hydrogen) atoms. The molecule has 1 saturated heterocycles. The Bertz CT molecular complexity index is 432. The first-order chi connectivity index (χ1) is 8.68. The molecule has 1 aliphatic rings. The number of cyclic esters (lactones) is 1. The molecular formula is C13H15NO4. The van der Waals surface area contributed by atoms with Crippen molar-refractivity contribution in [3.8, 4) is 0 Å². The van der Waals surface area contributed by atoms with E-state index in [9.17, 15) is 9.59 Å². The van der Waals surface area contributed by atoms with Gasteiger partial charge in [0.1, 0.15) is 0 Å². The lowest BCUT2D eigenvalue weighted by Gasteiger charge is -2.33. The van der Waals surface area contributed by atoms with Crippen molar-refractivity contribution in [3.05, 3.63) is 35.9 Å². The van der Waals surface area contributed by atoms with Crippen molar-refractivity contribution in [2.45, 2.75) is 18.9 Å². The number of carbonyl (C=O) groups excluding carboxylic acids is 1. The molecule has 96 valence electrons. The molecule has 0 aliphatic carbocycles. The maximum absolute atomic E-state index is 11.7. The number of carboxylic acids is 1. The molecule has 1 amide bonds. The third-order valence-corrected chi connectivity index (χ3v) is 2.93. The fourth-order valence-electron chi connectivity index (χ4n) is 2.10. The Morgan fingerprint density at radius 1 is 1.39 bits per heavy atom. The summed E-state index contributed by atoms with van der Waals surface area (Å²) in [5.41, 5.74) is 0.818. The van der Waals surface area contributed by atoms with Crippen molar-refractivity contribution in [1.29, 1.82) is 0 Å². The van der Waals surface area contributed by atoms with E-state index in [0.717, 1.165) is 12.0 Å². The van der Waals surface area contributed by atoms with Crippen molar-refractivity contribution in [2.75, 3.05) is 13.2 Å². The van der Waals surface area contributed by atoms with E-state index in [4.69, 9.17) is 9.84 Å². The summed E-state index contributed by atoms with van der Waals surface area (Å²) in [5.74, 6) is -0.928. The molecule has 0 spiro atoms. The normalized spacial score (nSPS) is 17.1. The lowest BCUT2D eigenvalue weighted by molar-refractivity contribution is -0.138. The topological polar surface area (TPSA) is 66.8 Å². The minimum atomic E-state index is -0.928. The predicted octanol–water partition coefficient (Wildman–Crippen LogP) is 2.04. The Morgan fingerprint density at radius 3 is 2.72 bits per heavy atom. The second kappa shape index (κ2) is 5.53. The molecule has 5 heteroatoms. The maximum Gasteiger partial charge on any atom is 0.410 e. The molecular weight excluding hydrogens is 234 g/mol. The van der Waals surface area contributed by atoms with E-state index < -0.39 is 18.1 Å². The van der Waals surface area contributed by atoms with Gasteiger partial charge in [-0.1, -0.05) is 30.3 Å². The van der Waals surface area contributed by atoms with E-state index in [1.165, 1.54) is 4.90 Å². The molecule has 0 radical (unpaired) electrons. The number of hydrogen-bond donors (Lipinski definition) is 1. The zero-order chi connectivity index (χ0) is 13.0. The van der Waals surface area contributed by atoms with Gasteiger partial charge in [-0.2, -0.15) is 0 Å². The highest BCUT2D eigenvalue weighted by atomic mass is 16.6. The summed E-state index contributed by atoms with van der Waals surface area (Å²) in [4.78, 5) is 24.1. The average molecular weight is 249 g/mol. The Morgan fingerprint density at radius 2 is 2.11 bits per heavy atom. The van der Waals surface area contributed by atoms with E-state index in [1.54, 1.807) is 0 Å². The van der Waals surface area contributed by atoms with Gasteiger partial charge in [-0.05, 0) is 12.0 Å². The number of hydrogen-bond acceptors (Lipinski definition) is 3. The van der Waals surface area contributed by atoms with E-state index in [-0.39, 0.29) is 6.42 Å². The molecule has 0 saturated carbocycles. The summed E-state index contributed by atoms with van der Waals surface area (Å²) < 4.78 is 4.97. The van der Waals surface area contributed by atoms with Crippen LogP contribution >= 0.6 is 0 Å². The monoisotopic (exact) mass is 249 g/mol. The zero-order valence-electron chi connectivity index (χ0n) is 9.91. The molecule has 1 aliphatic heterocycles. The van der Waals surface area contributed by atoms with Crippen LogP contribution in [0.2, 0.25) is 0 Å². The molecule has 1 heterocycles. The molecule has 1 N–H and O–H groups in total. The van der Waals surface area contributed by atoms with Gasteiger partial charge in [0.25, 0.3) is 0 Å². The van der Waals surface area contributed by atoms with Crippen LogP contribution in [0.5, 0.6) is 0 Å². The summed E-state index contributed by atoms with van der Waals surface area (Å²) in [6.07, 6.45) is 0.185. The van der Waals surface area contributed by atoms with Gasteiger partial charge in [-0.15, -0.1) is 0 Å². The zero-order valence-corrected chi connectivity index (χ0v) is 9.91. The first-order valence-electron chi connectivity index (χ1n) is 5.88. The molecule has 5 nitrogen and oxygen atoms in total. The molecule has 1 unspecified atom stereocenters. The number of carboxylic acid groups (broad SMARTS) is 1. The summed E-state index contributed by atoms with van der Waals surface area (Å²) >= 11 is 0. The predicted molar refractivity (Wildman–Crippen MR) is 64.1 cm³/mol. The van der Waals surface area contributed by atoms with Crippen molar-refractivity contribution < 1.29 is 19.4 Å². The molecule has 0 bridgehead atoms. The maximum atomic E-state index is 11.7. The van der Waals surface area contributed by atoms with E-state index in [2.05, 4.69) is 0 Å². The second-order valence-electron chi connectivity index (χ2n) is 4.19. The number of rotatable bonds is 4. The van der Waals surface area contributed by atoms with Crippen LogP contribution in [0.25, 0.3) is 0 Å². The number of amides is 1. The van der Waals surface area contributed by atoms with Crippen molar-refractivity contribution in [1.82, 2.24) is 4.90 Å². The Hall–Kier alpha value is -2.04. The van der Waals surface area contributed by atoms with Gasteiger partial charge in [0.15, 0.2) is 0 Å². The van der Waals surface area contributed by atoms with Gasteiger partial charge in [-0.3, -0.25) is 4.79 Å². The SMILES string of the molecule is O=C(O)CC(c1ccccc1)N1CCCOC1=O. The minimum absolute atomic E-state index is 0.112. The van der Waals surface area contributed by atoms with E-state index in [1.807, 2.05) is 30.3 Å². The Labute approximate surface area is 105 Å². The van der Waals surface area contributed by atoms with Crippen LogP contribution < -0.4 is 0 Å². The van der Waals surface area contributed by atoms with Gasteiger partial charge >= 0.3 is 12.1 Å². The highest BCUT2D eigenvalue weighted by Crippen LogP contribution is 2.26. The molecule has 0 aromatic heterocycles. The average Bonchev–Trinajstić information content (AvgIpc) is 2.38. The van der Waals surface area contributed by atoms with Gasteiger partial charge < -0.3 is 14.7 Å². The molecule has 1 fully saturated rings. The number of carbonyl (C=O) groups is 2. The summed E-state index contributed by atoms with van der Waals surface area (Å²) in [6.45, 7) is 0.940. The summed E-state index contributed by atoms with van der Waals surface area (Å²) in [5, 5.41) is 8.98. The highest BCUT2D eigenvalue weighted by molar-refractivity contribution is 5.72. The number of ether oxygens (including phenoxy) is 1. The molecule has 2 rings (SSSR count). The Kier molecular flexibility index (Phi) is 3.82. The Balaban J connectivity index is 2.24. The molecule has 1 aromatic carbocycles. The van der Waals surface area contributed by atoms with Crippen LogP contribution in [0.1, 0.15) is 24.4 Å². The van der Waals surface area contributed by atoms with Crippen molar-refractivity contribution in [2.24, 2.45) is 0 Å². The van der Waals surface area contributed by atoms with E-state index in [0.29, 0.717) is 13.2 Å². The minimum Gasteiger partial charge on any atom is -0.481 e. The smallest absolute Gasteiger partial charge is 0.410 e. The lowest BCUT2D eigenvalue weighted by atomic mass is 10.0. The van der Waals surface area contributed by atoms with Crippen molar-refractivity contribution >= 4 is 12.1 Å². The van der Waals surface area contributed by atoms with Gasteiger partial charge in [0.2, 0.25) is 0 Å². The summed E-state index contributed by atoms with van der Waals surface area (Å²) in [6, 6.07) is 8.72. The fourth-order valence-corrected chi connectivity index (χ4v) is 2.10. The van der Waals surface area contributed by atoms with Gasteiger partial charge in [0, 0.05) is 6.54 Å². The quantitative estimate of drug-likeness (QED) is 0.886. The first-order valence-corrected chi connectivity index (χ1v) is 5.88. The number of nitrogens with zero attached hydrogens (tertiary/aromatic N) is 1. The molecule has 1 aromatic rings. The van der Waals surface area contributed by atoms with Crippen LogP contribution in [0.3, 0.4) is 0 Å².